The molecule has 124 valence electrons. The number of epoxide rings is 2. The van der Waals surface area contributed by atoms with Crippen molar-refractivity contribution in [1.82, 2.24) is 0 Å². The first-order valence-electron chi connectivity index (χ1n) is 8.11. The molecule has 4 heteroatoms. The summed E-state index contributed by atoms with van der Waals surface area (Å²) < 4.78 is 11.5. The summed E-state index contributed by atoms with van der Waals surface area (Å²) in [6.45, 7) is 18.4. The fourth-order valence-electron chi connectivity index (χ4n) is 3.29. The Labute approximate surface area is 138 Å². The molecule has 0 radical (unpaired) electrons. The smallest absolute Gasteiger partial charge is 0.0861 e. The van der Waals surface area contributed by atoms with E-state index < -0.39 is 0 Å². The lowest BCUT2D eigenvalue weighted by atomic mass is 9.81. The van der Waals surface area contributed by atoms with Crippen LogP contribution < -0.4 is 0 Å². The van der Waals surface area contributed by atoms with Crippen LogP contribution in [-0.2, 0) is 9.47 Å². The Morgan fingerprint density at radius 1 is 0.952 bits per heavy atom. The molecule has 0 aromatic heterocycles. The molecule has 0 amide bonds. The highest BCUT2D eigenvalue weighted by atomic mass is 33.1. The van der Waals surface area contributed by atoms with Gasteiger partial charge in [-0.2, -0.15) is 0 Å². The third-order valence-electron chi connectivity index (χ3n) is 4.39. The van der Waals surface area contributed by atoms with Crippen LogP contribution >= 0.6 is 21.6 Å². The maximum Gasteiger partial charge on any atom is 0.0861 e. The van der Waals surface area contributed by atoms with Gasteiger partial charge in [0.2, 0.25) is 0 Å². The van der Waals surface area contributed by atoms with E-state index in [2.05, 4.69) is 70.1 Å². The molecule has 21 heavy (non-hydrogen) atoms. The number of ether oxygens (including phenoxy) is 2. The Kier molecular flexibility index (Phi) is 5.35. The van der Waals surface area contributed by atoms with Gasteiger partial charge in [0.1, 0.15) is 0 Å². The van der Waals surface area contributed by atoms with E-state index in [0.29, 0.717) is 22.9 Å². The zero-order valence-corrected chi connectivity index (χ0v) is 16.3. The van der Waals surface area contributed by atoms with Gasteiger partial charge in [0.25, 0.3) is 0 Å². The molecule has 2 aliphatic rings. The van der Waals surface area contributed by atoms with Crippen molar-refractivity contribution in [2.24, 2.45) is 11.3 Å². The van der Waals surface area contributed by atoms with Crippen LogP contribution in [0.15, 0.2) is 0 Å². The summed E-state index contributed by atoms with van der Waals surface area (Å²) in [7, 11) is 4.10. The SMILES string of the molecule is CC(CC(C)(C)SSC(C)(C)CC(C)(C)C1CO1)C1CO1. The molecule has 2 heterocycles. The molecule has 2 saturated heterocycles. The Morgan fingerprint density at radius 3 is 1.95 bits per heavy atom. The van der Waals surface area contributed by atoms with Crippen molar-refractivity contribution in [2.45, 2.75) is 83.0 Å². The first kappa shape index (κ1) is 18.0. The van der Waals surface area contributed by atoms with Gasteiger partial charge in [-0.05, 0) is 51.9 Å². The molecule has 3 unspecified atom stereocenters. The minimum Gasteiger partial charge on any atom is -0.373 e. The van der Waals surface area contributed by atoms with Crippen LogP contribution in [-0.4, -0.2) is 34.9 Å². The van der Waals surface area contributed by atoms with Gasteiger partial charge in [0, 0.05) is 9.49 Å². The standard InChI is InChI=1S/C17H32O2S2/c1-12(13-9-18-13)8-16(4,5)20-21-17(6,7)11-15(2,3)14-10-19-14/h12-14H,8-11H2,1-7H3. The van der Waals surface area contributed by atoms with E-state index in [4.69, 9.17) is 9.47 Å². The summed E-state index contributed by atoms with van der Waals surface area (Å²) >= 11 is 0. The van der Waals surface area contributed by atoms with Crippen LogP contribution in [0.4, 0.5) is 0 Å². The van der Waals surface area contributed by atoms with Crippen LogP contribution in [0.3, 0.4) is 0 Å². The molecule has 3 atom stereocenters. The Bertz CT molecular complexity index is 358. The number of hydrogen-bond donors (Lipinski definition) is 0. The quantitative estimate of drug-likeness (QED) is 0.430. The lowest BCUT2D eigenvalue weighted by Crippen LogP contribution is -2.30. The van der Waals surface area contributed by atoms with Crippen molar-refractivity contribution in [3.63, 3.8) is 0 Å². The van der Waals surface area contributed by atoms with Gasteiger partial charge in [0.15, 0.2) is 0 Å². The third-order valence-corrected chi connectivity index (χ3v) is 8.64. The highest BCUT2D eigenvalue weighted by molar-refractivity contribution is 8.77. The van der Waals surface area contributed by atoms with Crippen molar-refractivity contribution in [3.8, 4) is 0 Å². The minimum absolute atomic E-state index is 0.275. The Balaban J connectivity index is 1.78. The van der Waals surface area contributed by atoms with Crippen molar-refractivity contribution >= 4 is 21.6 Å². The maximum absolute atomic E-state index is 5.52. The summed E-state index contributed by atoms with van der Waals surface area (Å²) in [6.07, 6.45) is 3.41. The fraction of sp³-hybridized carbons (Fsp3) is 1.00. The number of rotatable bonds is 9. The van der Waals surface area contributed by atoms with Crippen molar-refractivity contribution in [3.05, 3.63) is 0 Å². The predicted molar refractivity (Wildman–Crippen MR) is 95.0 cm³/mol. The van der Waals surface area contributed by atoms with E-state index in [1.165, 1.54) is 12.8 Å². The largest absolute Gasteiger partial charge is 0.373 e. The van der Waals surface area contributed by atoms with Gasteiger partial charge in [0.05, 0.1) is 25.4 Å². The summed E-state index contributed by atoms with van der Waals surface area (Å²) in [5, 5.41) is 0. The molecule has 2 fully saturated rings. The lowest BCUT2D eigenvalue weighted by molar-refractivity contribution is 0.212. The molecule has 0 saturated carbocycles. The van der Waals surface area contributed by atoms with Gasteiger partial charge in [-0.3, -0.25) is 0 Å². The van der Waals surface area contributed by atoms with Crippen molar-refractivity contribution < 1.29 is 9.47 Å². The molecular formula is C17H32O2S2. The van der Waals surface area contributed by atoms with Gasteiger partial charge >= 0.3 is 0 Å². The zero-order chi connectivity index (χ0) is 15.9. The Morgan fingerprint density at radius 2 is 1.48 bits per heavy atom. The monoisotopic (exact) mass is 332 g/mol. The Hall–Kier alpha value is 0.620. The number of hydrogen-bond acceptors (Lipinski definition) is 4. The van der Waals surface area contributed by atoms with Crippen LogP contribution in [0.2, 0.25) is 0 Å². The molecule has 0 aliphatic carbocycles. The average Bonchev–Trinajstić information content (AvgIpc) is 3.15. The first-order valence-corrected chi connectivity index (χ1v) is 10.3. The summed E-state index contributed by atoms with van der Waals surface area (Å²) in [5.74, 6) is 0.674. The first-order chi connectivity index (χ1) is 9.51. The normalized spacial score (nSPS) is 27.6. The van der Waals surface area contributed by atoms with Gasteiger partial charge < -0.3 is 9.47 Å². The van der Waals surface area contributed by atoms with Crippen molar-refractivity contribution in [2.75, 3.05) is 13.2 Å². The third kappa shape index (κ3) is 5.96. The van der Waals surface area contributed by atoms with Crippen LogP contribution in [0.25, 0.3) is 0 Å². The average molecular weight is 333 g/mol. The van der Waals surface area contributed by atoms with Crippen molar-refractivity contribution in [1.29, 1.82) is 0 Å². The second-order valence-corrected chi connectivity index (χ2v) is 12.3. The minimum atomic E-state index is 0.275. The van der Waals surface area contributed by atoms with E-state index in [0.717, 1.165) is 13.2 Å². The van der Waals surface area contributed by atoms with Gasteiger partial charge in [-0.25, -0.2) is 0 Å². The van der Waals surface area contributed by atoms with Gasteiger partial charge in [-0.1, -0.05) is 42.4 Å². The van der Waals surface area contributed by atoms with Crippen LogP contribution in [0.1, 0.15) is 61.3 Å². The maximum atomic E-state index is 5.52. The summed E-state index contributed by atoms with van der Waals surface area (Å²) in [5.41, 5.74) is 0.288. The molecular weight excluding hydrogens is 300 g/mol. The fourth-order valence-corrected chi connectivity index (χ4v) is 6.24. The van der Waals surface area contributed by atoms with Gasteiger partial charge in [-0.15, -0.1) is 0 Å². The highest BCUT2D eigenvalue weighted by Crippen LogP contribution is 2.51. The molecule has 0 bridgehead atoms. The highest BCUT2D eigenvalue weighted by Gasteiger charge is 2.43. The molecule has 2 nitrogen and oxygen atoms in total. The molecule has 0 N–H and O–H groups in total. The van der Waals surface area contributed by atoms with E-state index in [9.17, 15) is 0 Å². The lowest BCUT2D eigenvalue weighted by Gasteiger charge is -2.36. The van der Waals surface area contributed by atoms with E-state index in [1.807, 2.05) is 0 Å². The topological polar surface area (TPSA) is 25.1 Å². The van der Waals surface area contributed by atoms with E-state index in [1.54, 1.807) is 0 Å². The molecule has 2 rings (SSSR count). The van der Waals surface area contributed by atoms with Crippen LogP contribution in [0, 0.1) is 11.3 Å². The zero-order valence-electron chi connectivity index (χ0n) is 14.7. The molecule has 0 spiro atoms. The second-order valence-electron chi connectivity index (χ2n) is 8.73. The summed E-state index contributed by atoms with van der Waals surface area (Å²) in [4.78, 5) is 0. The van der Waals surface area contributed by atoms with E-state index in [-0.39, 0.29) is 10.2 Å². The molecule has 0 aromatic carbocycles. The van der Waals surface area contributed by atoms with E-state index >= 15 is 0 Å². The molecule has 0 aromatic rings. The molecule has 2 aliphatic heterocycles. The van der Waals surface area contributed by atoms with Crippen LogP contribution in [0.5, 0.6) is 0 Å². The second kappa shape index (κ2) is 6.26. The predicted octanol–water partition coefficient (Wildman–Crippen LogP) is 5.17. The summed E-state index contributed by atoms with van der Waals surface area (Å²) in [6, 6.07) is 0.